The zero-order chi connectivity index (χ0) is 15.0. The zero-order valence-corrected chi connectivity index (χ0v) is 12.2. The van der Waals surface area contributed by atoms with Gasteiger partial charge in [-0.2, -0.15) is 0 Å². The van der Waals surface area contributed by atoms with Crippen LogP contribution in [0.2, 0.25) is 0 Å². The summed E-state index contributed by atoms with van der Waals surface area (Å²) in [7, 11) is 1.26. The Bertz CT molecular complexity index is 817. The summed E-state index contributed by atoms with van der Waals surface area (Å²) in [5.74, 6) is -0.839. The molecule has 0 unspecified atom stereocenters. The third kappa shape index (κ3) is 2.31. The number of hydrogen-bond acceptors (Lipinski definition) is 6. The topological polar surface area (TPSA) is 73.6 Å². The average molecular weight is 301 g/mol. The van der Waals surface area contributed by atoms with Crippen molar-refractivity contribution >= 4 is 28.7 Å². The molecule has 7 heteroatoms. The lowest BCUT2D eigenvalue weighted by Gasteiger charge is -1.95. The second-order valence-electron chi connectivity index (χ2n) is 4.34. The number of nitrogens with zero attached hydrogens (tertiary/aromatic N) is 3. The van der Waals surface area contributed by atoms with Gasteiger partial charge < -0.3 is 9.14 Å². The number of carbonyl (C=O) groups is 2. The van der Waals surface area contributed by atoms with Gasteiger partial charge in [-0.05, 0) is 12.1 Å². The monoisotopic (exact) mass is 301 g/mol. The smallest absolute Gasteiger partial charge is 0.358 e. The SMILES string of the molecule is COC(=O)c1nc(-c2cn3ccccc3n2)sc1C(C)=O. The molecule has 0 N–H and O–H groups in total. The van der Waals surface area contributed by atoms with Gasteiger partial charge in [0.15, 0.2) is 11.5 Å². The first kappa shape index (κ1) is 13.4. The van der Waals surface area contributed by atoms with E-state index in [1.807, 2.05) is 28.8 Å². The molecule has 0 aliphatic carbocycles. The fourth-order valence-electron chi connectivity index (χ4n) is 1.94. The minimum absolute atomic E-state index is 0.0436. The molecule has 3 aromatic rings. The molecule has 3 aromatic heterocycles. The van der Waals surface area contributed by atoms with Crippen molar-refractivity contribution in [3.8, 4) is 10.7 Å². The van der Waals surface area contributed by atoms with Crippen molar-refractivity contribution in [3.05, 3.63) is 41.2 Å². The van der Waals surface area contributed by atoms with E-state index in [1.165, 1.54) is 14.0 Å². The molecule has 0 atom stereocenters. The van der Waals surface area contributed by atoms with Crippen LogP contribution in [0.1, 0.15) is 27.1 Å². The lowest BCUT2D eigenvalue weighted by atomic mass is 10.3. The van der Waals surface area contributed by atoms with Crippen LogP contribution in [0.25, 0.3) is 16.3 Å². The summed E-state index contributed by atoms with van der Waals surface area (Å²) in [5.41, 5.74) is 1.43. The number of hydrogen-bond donors (Lipinski definition) is 0. The third-order valence-corrected chi connectivity index (χ3v) is 4.09. The fraction of sp³-hybridized carbons (Fsp3) is 0.143. The summed E-state index contributed by atoms with van der Waals surface area (Å²) in [6, 6.07) is 5.64. The Balaban J connectivity index is 2.14. The molecule has 0 aliphatic heterocycles. The highest BCUT2D eigenvalue weighted by Gasteiger charge is 2.23. The summed E-state index contributed by atoms with van der Waals surface area (Å²) in [4.78, 5) is 32.3. The minimum Gasteiger partial charge on any atom is -0.464 e. The number of carbonyl (C=O) groups excluding carboxylic acids is 2. The molecular formula is C14H11N3O3S. The number of Topliss-reactive ketones (excluding diaryl/α,β-unsaturated/α-hetero) is 1. The zero-order valence-electron chi connectivity index (χ0n) is 11.4. The molecule has 0 fully saturated rings. The minimum atomic E-state index is -0.619. The summed E-state index contributed by atoms with van der Waals surface area (Å²) in [5, 5.41) is 0.518. The maximum Gasteiger partial charge on any atom is 0.358 e. The predicted molar refractivity (Wildman–Crippen MR) is 77.6 cm³/mol. The van der Waals surface area contributed by atoms with E-state index in [2.05, 4.69) is 14.7 Å². The van der Waals surface area contributed by atoms with Crippen LogP contribution in [-0.4, -0.2) is 33.2 Å². The van der Waals surface area contributed by atoms with Gasteiger partial charge in [-0.25, -0.2) is 14.8 Å². The van der Waals surface area contributed by atoms with Gasteiger partial charge in [-0.3, -0.25) is 4.79 Å². The Morgan fingerprint density at radius 1 is 1.29 bits per heavy atom. The van der Waals surface area contributed by atoms with E-state index in [9.17, 15) is 9.59 Å². The molecule has 21 heavy (non-hydrogen) atoms. The van der Waals surface area contributed by atoms with E-state index >= 15 is 0 Å². The molecule has 3 rings (SSSR count). The first-order chi connectivity index (χ1) is 10.1. The molecule has 0 aromatic carbocycles. The summed E-state index contributed by atoms with van der Waals surface area (Å²) in [6.07, 6.45) is 3.67. The van der Waals surface area contributed by atoms with Gasteiger partial charge >= 0.3 is 5.97 Å². The van der Waals surface area contributed by atoms with Gasteiger partial charge in [0, 0.05) is 19.3 Å². The molecule has 0 saturated heterocycles. The molecule has 6 nitrogen and oxygen atoms in total. The van der Waals surface area contributed by atoms with Gasteiger partial charge in [0.05, 0.1) is 7.11 Å². The standard InChI is InChI=1S/C14H11N3O3S/c1-8(18)12-11(14(19)20-2)16-13(21-12)9-7-17-6-4-3-5-10(17)15-9/h3-7H,1-2H3. The van der Waals surface area contributed by atoms with E-state index in [1.54, 1.807) is 6.20 Å². The number of thiazole rings is 1. The van der Waals surface area contributed by atoms with Crippen molar-refractivity contribution in [2.24, 2.45) is 0 Å². The van der Waals surface area contributed by atoms with Crippen molar-refractivity contribution in [1.29, 1.82) is 0 Å². The van der Waals surface area contributed by atoms with E-state index in [0.29, 0.717) is 10.7 Å². The lowest BCUT2D eigenvalue weighted by Crippen LogP contribution is -2.06. The Labute approximate surface area is 124 Å². The Morgan fingerprint density at radius 2 is 2.10 bits per heavy atom. The highest BCUT2D eigenvalue weighted by atomic mass is 32.1. The van der Waals surface area contributed by atoms with Crippen LogP contribution in [0.4, 0.5) is 0 Å². The highest BCUT2D eigenvalue weighted by molar-refractivity contribution is 7.17. The number of ketones is 1. The maximum atomic E-state index is 11.7. The van der Waals surface area contributed by atoms with Crippen LogP contribution >= 0.6 is 11.3 Å². The van der Waals surface area contributed by atoms with Crippen LogP contribution in [0, 0.1) is 0 Å². The summed E-state index contributed by atoms with van der Waals surface area (Å²) < 4.78 is 6.51. The van der Waals surface area contributed by atoms with E-state index < -0.39 is 5.97 Å². The number of rotatable bonds is 3. The molecule has 0 amide bonds. The molecular weight excluding hydrogens is 290 g/mol. The molecule has 0 radical (unpaired) electrons. The predicted octanol–water partition coefficient (Wildman–Crippen LogP) is 2.45. The van der Waals surface area contributed by atoms with E-state index in [-0.39, 0.29) is 16.4 Å². The van der Waals surface area contributed by atoms with Crippen molar-refractivity contribution in [2.75, 3.05) is 7.11 Å². The van der Waals surface area contributed by atoms with Gasteiger partial charge in [0.25, 0.3) is 0 Å². The van der Waals surface area contributed by atoms with Gasteiger partial charge in [-0.15, -0.1) is 11.3 Å². The lowest BCUT2D eigenvalue weighted by molar-refractivity contribution is 0.0591. The van der Waals surface area contributed by atoms with E-state index in [4.69, 9.17) is 0 Å². The number of aromatic nitrogens is 3. The molecule has 0 saturated carbocycles. The number of esters is 1. The molecule has 106 valence electrons. The second-order valence-corrected chi connectivity index (χ2v) is 5.34. The van der Waals surface area contributed by atoms with Gasteiger partial charge in [-0.1, -0.05) is 6.07 Å². The van der Waals surface area contributed by atoms with Crippen molar-refractivity contribution in [1.82, 2.24) is 14.4 Å². The number of ether oxygens (including phenoxy) is 1. The first-order valence-corrected chi connectivity index (χ1v) is 6.96. The van der Waals surface area contributed by atoms with Gasteiger partial charge in [0.2, 0.25) is 0 Å². The Kier molecular flexibility index (Phi) is 3.26. The van der Waals surface area contributed by atoms with Crippen LogP contribution in [-0.2, 0) is 4.74 Å². The van der Waals surface area contributed by atoms with E-state index in [0.717, 1.165) is 17.0 Å². The van der Waals surface area contributed by atoms with Crippen LogP contribution in [0.15, 0.2) is 30.6 Å². The summed E-state index contributed by atoms with van der Waals surface area (Å²) >= 11 is 1.14. The van der Waals surface area contributed by atoms with Crippen LogP contribution < -0.4 is 0 Å². The average Bonchev–Trinajstić information content (AvgIpc) is 3.09. The van der Waals surface area contributed by atoms with Crippen LogP contribution in [0.5, 0.6) is 0 Å². The van der Waals surface area contributed by atoms with Crippen molar-refractivity contribution in [2.45, 2.75) is 6.92 Å². The second kappa shape index (κ2) is 5.10. The third-order valence-electron chi connectivity index (χ3n) is 2.91. The number of fused-ring (bicyclic) bond motifs is 1. The van der Waals surface area contributed by atoms with Crippen molar-refractivity contribution in [3.63, 3.8) is 0 Å². The summed E-state index contributed by atoms with van der Waals surface area (Å²) in [6.45, 7) is 1.40. The highest BCUT2D eigenvalue weighted by Crippen LogP contribution is 2.28. The largest absolute Gasteiger partial charge is 0.464 e. The number of pyridine rings is 1. The normalized spacial score (nSPS) is 10.8. The fourth-order valence-corrected chi connectivity index (χ4v) is 2.84. The number of imidazole rings is 1. The van der Waals surface area contributed by atoms with Crippen LogP contribution in [0.3, 0.4) is 0 Å². The Morgan fingerprint density at radius 3 is 2.76 bits per heavy atom. The molecule has 0 aliphatic rings. The first-order valence-electron chi connectivity index (χ1n) is 6.14. The molecule has 3 heterocycles. The molecule has 0 bridgehead atoms. The maximum absolute atomic E-state index is 11.7. The quantitative estimate of drug-likeness (QED) is 0.549. The van der Waals surface area contributed by atoms with Gasteiger partial charge in [0.1, 0.15) is 21.2 Å². The number of methoxy groups -OCH3 is 1. The Hall–Kier alpha value is -2.54. The van der Waals surface area contributed by atoms with Crippen molar-refractivity contribution < 1.29 is 14.3 Å². The molecule has 0 spiro atoms.